The summed E-state index contributed by atoms with van der Waals surface area (Å²) in [5, 5.41) is 13.1. The maximum absolute atomic E-state index is 8.82. The fraction of sp³-hybridized carbons (Fsp3) is 0.400. The Bertz CT molecular complexity index is 555. The first-order valence-corrected chi connectivity index (χ1v) is 6.88. The molecule has 0 radical (unpaired) electrons. The largest absolute Gasteiger partial charge is 0.363 e. The highest BCUT2D eigenvalue weighted by Gasteiger charge is 2.11. The van der Waals surface area contributed by atoms with Crippen LogP contribution in [0.1, 0.15) is 25.6 Å². The SMILES string of the molecule is CCCn1ncnc1CN(CCC#N)c1ccccc1. The van der Waals surface area contributed by atoms with Gasteiger partial charge < -0.3 is 4.90 Å². The summed E-state index contributed by atoms with van der Waals surface area (Å²) in [6.07, 6.45) is 3.12. The maximum atomic E-state index is 8.82. The molecule has 0 fully saturated rings. The molecule has 1 aromatic carbocycles. The number of nitrogens with zero attached hydrogens (tertiary/aromatic N) is 5. The smallest absolute Gasteiger partial charge is 0.146 e. The van der Waals surface area contributed by atoms with Crippen LogP contribution in [-0.2, 0) is 13.1 Å². The third-order valence-corrected chi connectivity index (χ3v) is 3.08. The Hall–Kier alpha value is -2.35. The van der Waals surface area contributed by atoms with E-state index in [0.29, 0.717) is 19.5 Å². The van der Waals surface area contributed by atoms with E-state index in [-0.39, 0.29) is 0 Å². The Kier molecular flexibility index (Phi) is 5.13. The fourth-order valence-electron chi connectivity index (χ4n) is 2.10. The van der Waals surface area contributed by atoms with Crippen LogP contribution in [0.2, 0.25) is 0 Å². The standard InChI is InChI=1S/C15H19N5/c1-2-10-20-15(17-13-18-20)12-19(11-6-9-16)14-7-4-3-5-8-14/h3-5,7-8,13H,2,6,10-12H2,1H3. The van der Waals surface area contributed by atoms with E-state index in [1.807, 2.05) is 22.9 Å². The van der Waals surface area contributed by atoms with Gasteiger partial charge in [0.1, 0.15) is 12.2 Å². The lowest BCUT2D eigenvalue weighted by Gasteiger charge is -2.23. The molecule has 0 amide bonds. The number of hydrogen-bond acceptors (Lipinski definition) is 4. The Balaban J connectivity index is 2.15. The molecule has 0 saturated carbocycles. The second kappa shape index (κ2) is 7.29. The summed E-state index contributed by atoms with van der Waals surface area (Å²) in [5.41, 5.74) is 1.11. The molecule has 2 rings (SSSR count). The van der Waals surface area contributed by atoms with E-state index in [1.165, 1.54) is 0 Å². The van der Waals surface area contributed by atoms with Gasteiger partial charge in [-0.3, -0.25) is 0 Å². The summed E-state index contributed by atoms with van der Waals surface area (Å²) in [6, 6.07) is 12.3. The van der Waals surface area contributed by atoms with Gasteiger partial charge in [-0.15, -0.1) is 0 Å². The number of aryl methyl sites for hydroxylation is 1. The zero-order valence-corrected chi connectivity index (χ0v) is 11.7. The Morgan fingerprint density at radius 1 is 1.30 bits per heavy atom. The summed E-state index contributed by atoms with van der Waals surface area (Å²) in [4.78, 5) is 6.50. The lowest BCUT2D eigenvalue weighted by molar-refractivity contribution is 0.561. The number of benzene rings is 1. The van der Waals surface area contributed by atoms with Crippen molar-refractivity contribution in [3.63, 3.8) is 0 Å². The predicted octanol–water partition coefficient (Wildman–Crippen LogP) is 2.61. The van der Waals surface area contributed by atoms with E-state index >= 15 is 0 Å². The summed E-state index contributed by atoms with van der Waals surface area (Å²) in [5.74, 6) is 0.939. The fourth-order valence-corrected chi connectivity index (χ4v) is 2.10. The topological polar surface area (TPSA) is 57.7 Å². The van der Waals surface area contributed by atoms with E-state index in [1.54, 1.807) is 6.33 Å². The molecule has 0 atom stereocenters. The van der Waals surface area contributed by atoms with Crippen molar-refractivity contribution in [3.05, 3.63) is 42.5 Å². The van der Waals surface area contributed by atoms with Crippen molar-refractivity contribution in [2.24, 2.45) is 0 Å². The van der Waals surface area contributed by atoms with Crippen LogP contribution in [0.3, 0.4) is 0 Å². The van der Waals surface area contributed by atoms with E-state index in [0.717, 1.165) is 24.5 Å². The maximum Gasteiger partial charge on any atom is 0.146 e. The molecular weight excluding hydrogens is 250 g/mol. The van der Waals surface area contributed by atoms with E-state index in [2.05, 4.69) is 40.1 Å². The van der Waals surface area contributed by atoms with Crippen molar-refractivity contribution < 1.29 is 0 Å². The van der Waals surface area contributed by atoms with Gasteiger partial charge in [0.05, 0.1) is 19.0 Å². The van der Waals surface area contributed by atoms with Crippen molar-refractivity contribution >= 4 is 5.69 Å². The van der Waals surface area contributed by atoms with Crippen LogP contribution in [0, 0.1) is 11.3 Å². The molecular formula is C15H19N5. The quantitative estimate of drug-likeness (QED) is 0.775. The average molecular weight is 269 g/mol. The minimum absolute atomic E-state index is 0.497. The Morgan fingerprint density at radius 2 is 2.10 bits per heavy atom. The highest BCUT2D eigenvalue weighted by Crippen LogP contribution is 2.16. The molecule has 5 nitrogen and oxygen atoms in total. The molecule has 0 unspecified atom stereocenters. The summed E-state index contributed by atoms with van der Waals surface area (Å²) < 4.78 is 1.93. The zero-order valence-electron chi connectivity index (χ0n) is 11.7. The molecule has 1 aromatic heterocycles. The van der Waals surface area contributed by atoms with Crippen molar-refractivity contribution in [2.45, 2.75) is 32.9 Å². The molecule has 0 bridgehead atoms. The lowest BCUT2D eigenvalue weighted by Crippen LogP contribution is -2.26. The lowest BCUT2D eigenvalue weighted by atomic mass is 10.2. The Labute approximate surface area is 119 Å². The first kappa shape index (κ1) is 14.1. The highest BCUT2D eigenvalue weighted by atomic mass is 15.3. The van der Waals surface area contributed by atoms with Gasteiger partial charge in [0.25, 0.3) is 0 Å². The minimum atomic E-state index is 0.497. The molecule has 0 saturated heterocycles. The van der Waals surface area contributed by atoms with E-state index < -0.39 is 0 Å². The van der Waals surface area contributed by atoms with Crippen molar-refractivity contribution in [1.82, 2.24) is 14.8 Å². The summed E-state index contributed by atoms with van der Waals surface area (Å²) >= 11 is 0. The average Bonchev–Trinajstić information content (AvgIpc) is 2.92. The van der Waals surface area contributed by atoms with Crippen LogP contribution >= 0.6 is 0 Å². The van der Waals surface area contributed by atoms with Gasteiger partial charge in [0.15, 0.2) is 0 Å². The first-order valence-electron chi connectivity index (χ1n) is 6.88. The van der Waals surface area contributed by atoms with Gasteiger partial charge in [-0.2, -0.15) is 10.4 Å². The Morgan fingerprint density at radius 3 is 2.80 bits per heavy atom. The van der Waals surface area contributed by atoms with Crippen molar-refractivity contribution in [2.75, 3.05) is 11.4 Å². The molecule has 0 aliphatic heterocycles. The molecule has 0 spiro atoms. The number of nitriles is 1. The van der Waals surface area contributed by atoms with Crippen LogP contribution in [-0.4, -0.2) is 21.3 Å². The summed E-state index contributed by atoms with van der Waals surface area (Å²) in [7, 11) is 0. The molecule has 20 heavy (non-hydrogen) atoms. The highest BCUT2D eigenvalue weighted by molar-refractivity contribution is 5.46. The second-order valence-corrected chi connectivity index (χ2v) is 4.56. The van der Waals surface area contributed by atoms with Crippen LogP contribution in [0.5, 0.6) is 0 Å². The van der Waals surface area contributed by atoms with Gasteiger partial charge in [-0.25, -0.2) is 9.67 Å². The number of para-hydroxylation sites is 1. The van der Waals surface area contributed by atoms with Crippen LogP contribution in [0.25, 0.3) is 0 Å². The van der Waals surface area contributed by atoms with Crippen molar-refractivity contribution in [3.8, 4) is 6.07 Å². The third kappa shape index (κ3) is 3.58. The molecule has 104 valence electrons. The molecule has 0 N–H and O–H groups in total. The predicted molar refractivity (Wildman–Crippen MR) is 78.0 cm³/mol. The molecule has 0 aliphatic rings. The van der Waals surface area contributed by atoms with Gasteiger partial charge >= 0.3 is 0 Å². The third-order valence-electron chi connectivity index (χ3n) is 3.08. The van der Waals surface area contributed by atoms with Crippen molar-refractivity contribution in [1.29, 1.82) is 5.26 Å². The second-order valence-electron chi connectivity index (χ2n) is 4.56. The van der Waals surface area contributed by atoms with Gasteiger partial charge in [0.2, 0.25) is 0 Å². The van der Waals surface area contributed by atoms with Gasteiger partial charge in [0, 0.05) is 18.8 Å². The number of aromatic nitrogens is 3. The number of rotatable bonds is 7. The van der Waals surface area contributed by atoms with Gasteiger partial charge in [-0.1, -0.05) is 25.1 Å². The van der Waals surface area contributed by atoms with Crippen LogP contribution in [0.4, 0.5) is 5.69 Å². The molecule has 1 heterocycles. The monoisotopic (exact) mass is 269 g/mol. The van der Waals surface area contributed by atoms with E-state index in [4.69, 9.17) is 5.26 Å². The molecule has 0 aliphatic carbocycles. The number of anilines is 1. The molecule has 5 heteroatoms. The van der Waals surface area contributed by atoms with Crippen LogP contribution in [0.15, 0.2) is 36.7 Å². The first-order chi connectivity index (χ1) is 9.85. The zero-order chi connectivity index (χ0) is 14.2. The molecule has 2 aromatic rings. The van der Waals surface area contributed by atoms with Gasteiger partial charge in [-0.05, 0) is 18.6 Å². The normalized spacial score (nSPS) is 10.2. The minimum Gasteiger partial charge on any atom is -0.363 e. The summed E-state index contributed by atoms with van der Waals surface area (Å²) in [6.45, 7) is 4.36. The van der Waals surface area contributed by atoms with E-state index in [9.17, 15) is 0 Å². The van der Waals surface area contributed by atoms with Crippen LogP contribution < -0.4 is 4.90 Å². The number of hydrogen-bond donors (Lipinski definition) is 0.